The smallest absolute Gasteiger partial charge is 0.251 e. The zero-order valence-corrected chi connectivity index (χ0v) is 12.1. The average molecular weight is 319 g/mol. The molecule has 0 aliphatic heterocycles. The van der Waals surface area contributed by atoms with E-state index in [0.717, 1.165) is 10.0 Å². The van der Waals surface area contributed by atoms with E-state index >= 15 is 0 Å². The molecule has 2 rings (SSSR count). The number of rotatable bonds is 3. The van der Waals surface area contributed by atoms with Gasteiger partial charge in [-0.25, -0.2) is 0 Å². The molecule has 0 spiro atoms. The fraction of sp³-hybridized carbons (Fsp3) is 0.133. The van der Waals surface area contributed by atoms with Gasteiger partial charge in [0.1, 0.15) is 0 Å². The minimum Gasteiger partial charge on any atom is -0.399 e. The maximum atomic E-state index is 12.1. The number of hydrogen-bond acceptors (Lipinski definition) is 2. The molecule has 19 heavy (non-hydrogen) atoms. The molecule has 3 nitrogen and oxygen atoms in total. The first kappa shape index (κ1) is 13.6. The Morgan fingerprint density at radius 1 is 1.21 bits per heavy atom. The van der Waals surface area contributed by atoms with Crippen LogP contribution < -0.4 is 11.1 Å². The summed E-state index contributed by atoms with van der Waals surface area (Å²) in [5.41, 5.74) is 7.87. The number of carbonyl (C=O) groups is 1. The van der Waals surface area contributed by atoms with Gasteiger partial charge in [0.05, 0.1) is 6.04 Å². The molecule has 0 heterocycles. The van der Waals surface area contributed by atoms with Gasteiger partial charge in [0.15, 0.2) is 0 Å². The van der Waals surface area contributed by atoms with Gasteiger partial charge in [-0.15, -0.1) is 0 Å². The van der Waals surface area contributed by atoms with Crippen LogP contribution in [0.3, 0.4) is 0 Å². The van der Waals surface area contributed by atoms with Crippen LogP contribution in [0, 0.1) is 0 Å². The molecule has 1 amide bonds. The van der Waals surface area contributed by atoms with Crippen molar-refractivity contribution in [3.8, 4) is 0 Å². The number of amides is 1. The van der Waals surface area contributed by atoms with Crippen molar-refractivity contribution in [3.05, 3.63) is 64.1 Å². The molecule has 98 valence electrons. The van der Waals surface area contributed by atoms with Crippen LogP contribution >= 0.6 is 15.9 Å². The quantitative estimate of drug-likeness (QED) is 0.851. The van der Waals surface area contributed by atoms with Crippen LogP contribution in [0.5, 0.6) is 0 Å². The molecule has 0 saturated heterocycles. The number of benzene rings is 2. The van der Waals surface area contributed by atoms with E-state index in [0.29, 0.717) is 11.3 Å². The standard InChI is InChI=1S/C15H15BrN2O/c1-10(13-7-2-3-8-14(13)16)18-15(19)11-5-4-6-12(17)9-11/h2-10H,17H2,1H3,(H,18,19)/t10-/m1/s1. The van der Waals surface area contributed by atoms with Gasteiger partial charge in [0.2, 0.25) is 0 Å². The zero-order valence-electron chi connectivity index (χ0n) is 10.6. The van der Waals surface area contributed by atoms with Gasteiger partial charge in [-0.2, -0.15) is 0 Å². The van der Waals surface area contributed by atoms with Crippen molar-refractivity contribution >= 4 is 27.5 Å². The van der Waals surface area contributed by atoms with Crippen LogP contribution in [-0.4, -0.2) is 5.91 Å². The third-order valence-corrected chi connectivity index (χ3v) is 3.59. The Morgan fingerprint density at radius 3 is 2.63 bits per heavy atom. The number of nitrogens with two attached hydrogens (primary N) is 1. The summed E-state index contributed by atoms with van der Waals surface area (Å²) in [5.74, 6) is -0.129. The molecule has 1 atom stereocenters. The van der Waals surface area contributed by atoms with E-state index < -0.39 is 0 Å². The monoisotopic (exact) mass is 318 g/mol. The number of nitrogens with one attached hydrogen (secondary N) is 1. The van der Waals surface area contributed by atoms with Crippen molar-refractivity contribution in [3.63, 3.8) is 0 Å². The highest BCUT2D eigenvalue weighted by molar-refractivity contribution is 9.10. The topological polar surface area (TPSA) is 55.1 Å². The number of hydrogen-bond donors (Lipinski definition) is 2. The molecular weight excluding hydrogens is 304 g/mol. The highest BCUT2D eigenvalue weighted by atomic mass is 79.9. The molecule has 2 aromatic carbocycles. The Hall–Kier alpha value is -1.81. The number of carbonyl (C=O) groups excluding carboxylic acids is 1. The van der Waals surface area contributed by atoms with Gasteiger partial charge >= 0.3 is 0 Å². The van der Waals surface area contributed by atoms with Crippen LogP contribution in [-0.2, 0) is 0 Å². The van der Waals surface area contributed by atoms with Crippen molar-refractivity contribution in [2.75, 3.05) is 5.73 Å². The third-order valence-electron chi connectivity index (χ3n) is 2.87. The minimum absolute atomic E-state index is 0.0792. The fourth-order valence-electron chi connectivity index (χ4n) is 1.86. The highest BCUT2D eigenvalue weighted by Crippen LogP contribution is 2.23. The van der Waals surface area contributed by atoms with Gasteiger partial charge < -0.3 is 11.1 Å². The van der Waals surface area contributed by atoms with E-state index in [2.05, 4.69) is 21.2 Å². The molecule has 4 heteroatoms. The van der Waals surface area contributed by atoms with Gasteiger partial charge in [-0.1, -0.05) is 40.2 Å². The second kappa shape index (κ2) is 5.89. The predicted molar refractivity (Wildman–Crippen MR) is 80.9 cm³/mol. The van der Waals surface area contributed by atoms with Crippen LogP contribution in [0.25, 0.3) is 0 Å². The minimum atomic E-state index is -0.129. The Balaban J connectivity index is 2.13. The zero-order chi connectivity index (χ0) is 13.8. The molecule has 0 bridgehead atoms. The van der Waals surface area contributed by atoms with Gasteiger partial charge in [0, 0.05) is 15.7 Å². The second-order valence-electron chi connectivity index (χ2n) is 4.34. The SMILES string of the molecule is C[C@@H](NC(=O)c1cccc(N)c1)c1ccccc1Br. The first-order valence-electron chi connectivity index (χ1n) is 5.99. The lowest BCUT2D eigenvalue weighted by Crippen LogP contribution is -2.26. The van der Waals surface area contributed by atoms with Crippen LogP contribution in [0.15, 0.2) is 53.0 Å². The summed E-state index contributed by atoms with van der Waals surface area (Å²) in [7, 11) is 0. The normalized spacial score (nSPS) is 11.9. The molecule has 0 aliphatic rings. The Morgan fingerprint density at radius 2 is 1.95 bits per heavy atom. The number of nitrogen functional groups attached to an aromatic ring is 1. The molecular formula is C15H15BrN2O. The van der Waals surface area contributed by atoms with E-state index in [1.54, 1.807) is 24.3 Å². The summed E-state index contributed by atoms with van der Waals surface area (Å²) in [4.78, 5) is 12.1. The maximum Gasteiger partial charge on any atom is 0.251 e. The molecule has 0 unspecified atom stereocenters. The fourth-order valence-corrected chi connectivity index (χ4v) is 2.49. The van der Waals surface area contributed by atoms with Gasteiger partial charge in [-0.05, 0) is 36.8 Å². The Bertz CT molecular complexity index is 598. The van der Waals surface area contributed by atoms with E-state index in [4.69, 9.17) is 5.73 Å². The largest absolute Gasteiger partial charge is 0.399 e. The number of anilines is 1. The van der Waals surface area contributed by atoms with Crippen LogP contribution in [0.1, 0.15) is 28.9 Å². The summed E-state index contributed by atoms with van der Waals surface area (Å²) in [6.07, 6.45) is 0. The molecule has 2 aromatic rings. The predicted octanol–water partition coefficient (Wildman–Crippen LogP) is 3.52. The lowest BCUT2D eigenvalue weighted by Gasteiger charge is -2.16. The van der Waals surface area contributed by atoms with E-state index in [1.807, 2.05) is 31.2 Å². The molecule has 3 N–H and O–H groups in total. The molecule has 0 aromatic heterocycles. The third kappa shape index (κ3) is 3.35. The lowest BCUT2D eigenvalue weighted by molar-refractivity contribution is 0.0940. The summed E-state index contributed by atoms with van der Waals surface area (Å²) < 4.78 is 0.982. The van der Waals surface area contributed by atoms with Crippen LogP contribution in [0.4, 0.5) is 5.69 Å². The molecule has 0 saturated carbocycles. The first-order valence-corrected chi connectivity index (χ1v) is 6.78. The van der Waals surface area contributed by atoms with Crippen molar-refractivity contribution < 1.29 is 4.79 Å². The summed E-state index contributed by atoms with van der Waals surface area (Å²) in [6, 6.07) is 14.7. The van der Waals surface area contributed by atoms with E-state index in [1.165, 1.54) is 0 Å². The van der Waals surface area contributed by atoms with Crippen LogP contribution in [0.2, 0.25) is 0 Å². The van der Waals surface area contributed by atoms with E-state index in [-0.39, 0.29) is 11.9 Å². The summed E-state index contributed by atoms with van der Waals surface area (Å²) in [5, 5.41) is 2.96. The second-order valence-corrected chi connectivity index (χ2v) is 5.20. The van der Waals surface area contributed by atoms with Gasteiger partial charge in [0.25, 0.3) is 5.91 Å². The highest BCUT2D eigenvalue weighted by Gasteiger charge is 2.13. The average Bonchev–Trinajstić information content (AvgIpc) is 2.39. The maximum absolute atomic E-state index is 12.1. The van der Waals surface area contributed by atoms with Crippen molar-refractivity contribution in [2.45, 2.75) is 13.0 Å². The van der Waals surface area contributed by atoms with E-state index in [9.17, 15) is 4.79 Å². The first-order chi connectivity index (χ1) is 9.08. The Labute approximate surface area is 121 Å². The molecule has 0 aliphatic carbocycles. The molecule has 0 fully saturated rings. The number of halogens is 1. The lowest BCUT2D eigenvalue weighted by atomic mass is 10.1. The van der Waals surface area contributed by atoms with Crippen molar-refractivity contribution in [1.82, 2.24) is 5.32 Å². The summed E-state index contributed by atoms with van der Waals surface area (Å²) in [6.45, 7) is 1.95. The summed E-state index contributed by atoms with van der Waals surface area (Å²) >= 11 is 3.48. The molecule has 0 radical (unpaired) electrons. The Kier molecular flexibility index (Phi) is 4.22. The van der Waals surface area contributed by atoms with Crippen molar-refractivity contribution in [2.24, 2.45) is 0 Å². The van der Waals surface area contributed by atoms with Crippen molar-refractivity contribution in [1.29, 1.82) is 0 Å². The van der Waals surface area contributed by atoms with Gasteiger partial charge in [-0.3, -0.25) is 4.79 Å².